The quantitative estimate of drug-likeness (QED) is 0.875. The van der Waals surface area contributed by atoms with Crippen molar-refractivity contribution in [2.24, 2.45) is 13.0 Å². The smallest absolute Gasteiger partial charge is 0.268 e. The highest BCUT2D eigenvalue weighted by Crippen LogP contribution is 2.22. The van der Waals surface area contributed by atoms with Gasteiger partial charge in [-0.3, -0.25) is 9.59 Å². The third-order valence-corrected chi connectivity index (χ3v) is 4.04. The highest BCUT2D eigenvalue weighted by molar-refractivity contribution is 5.97. The van der Waals surface area contributed by atoms with Gasteiger partial charge >= 0.3 is 0 Å². The summed E-state index contributed by atoms with van der Waals surface area (Å²) in [6.07, 6.45) is 6.74. The van der Waals surface area contributed by atoms with E-state index in [-0.39, 0.29) is 13.2 Å². The fourth-order valence-electron chi connectivity index (χ4n) is 2.88. The van der Waals surface area contributed by atoms with E-state index in [1.165, 1.54) is 5.69 Å². The van der Waals surface area contributed by atoms with Crippen LogP contribution < -0.4 is 10.6 Å². The van der Waals surface area contributed by atoms with Crippen LogP contribution in [0.3, 0.4) is 0 Å². The number of allylic oxidation sites excluding steroid dienone is 1. The molecule has 22 heavy (non-hydrogen) atoms. The second-order valence-electron chi connectivity index (χ2n) is 6.20. The predicted molar refractivity (Wildman–Crippen MR) is 89.7 cm³/mol. The summed E-state index contributed by atoms with van der Waals surface area (Å²) in [7, 11) is 3.50. The number of hydrogen-bond donors (Lipinski definition) is 2. The number of rotatable bonds is 5. The van der Waals surface area contributed by atoms with Crippen molar-refractivity contribution >= 4 is 17.9 Å². The Morgan fingerprint density at radius 2 is 2.14 bits per heavy atom. The topological polar surface area (TPSA) is 63.1 Å². The number of aromatic nitrogens is 1. The van der Waals surface area contributed by atoms with Crippen molar-refractivity contribution in [3.8, 4) is 0 Å². The van der Waals surface area contributed by atoms with Gasteiger partial charge in [0.25, 0.3) is 5.91 Å². The first kappa shape index (κ1) is 16.3. The molecule has 0 aliphatic heterocycles. The molecule has 0 spiro atoms. The van der Waals surface area contributed by atoms with Gasteiger partial charge in [-0.2, -0.15) is 0 Å². The summed E-state index contributed by atoms with van der Waals surface area (Å²) in [6.45, 7) is 4.07. The van der Waals surface area contributed by atoms with Crippen LogP contribution in [-0.4, -0.2) is 29.5 Å². The fourth-order valence-corrected chi connectivity index (χ4v) is 2.88. The number of carbonyl (C=O) groups is 2. The molecule has 0 radical (unpaired) electrons. The van der Waals surface area contributed by atoms with Crippen LogP contribution in [-0.2, 0) is 18.3 Å². The van der Waals surface area contributed by atoms with Gasteiger partial charge in [-0.25, -0.2) is 0 Å². The van der Waals surface area contributed by atoms with Crippen molar-refractivity contribution in [3.05, 3.63) is 29.1 Å². The lowest BCUT2D eigenvalue weighted by Crippen LogP contribution is -2.46. The van der Waals surface area contributed by atoms with Crippen LogP contribution in [0.5, 0.6) is 0 Å². The molecule has 1 atom stereocenters. The zero-order valence-corrected chi connectivity index (χ0v) is 13.8. The maximum Gasteiger partial charge on any atom is 0.268 e. The molecule has 0 saturated carbocycles. The SMILES string of the molecule is CNC(=O)[C@H](CC(C)C)NC(=O)c1cc2c(n1C)CCC=C2.[HH]. The molecule has 1 aromatic heterocycles. The van der Waals surface area contributed by atoms with Crippen molar-refractivity contribution in [2.45, 2.75) is 39.2 Å². The van der Waals surface area contributed by atoms with Crippen molar-refractivity contribution in [2.75, 3.05) is 7.05 Å². The molecule has 0 saturated heterocycles. The van der Waals surface area contributed by atoms with E-state index in [0.29, 0.717) is 18.0 Å². The first-order valence-corrected chi connectivity index (χ1v) is 7.81. The second kappa shape index (κ2) is 6.81. The molecule has 0 aromatic carbocycles. The maximum atomic E-state index is 12.6. The standard InChI is InChI=1S/C17H25N3O2.H2/c1-11(2)9-13(16(21)18-3)19-17(22)15-10-12-7-5-6-8-14(12)20(15)4;/h5,7,10-11,13H,6,8-9H2,1-4H3,(H,18,21)(H,19,22);1H/t13-;/m0./s1. The highest BCUT2D eigenvalue weighted by Gasteiger charge is 2.24. The predicted octanol–water partition coefficient (Wildman–Crippen LogP) is 2.12. The van der Waals surface area contributed by atoms with Crippen LogP contribution in [0.25, 0.3) is 6.08 Å². The number of fused-ring (bicyclic) bond motifs is 1. The van der Waals surface area contributed by atoms with Crippen LogP contribution in [0, 0.1) is 5.92 Å². The third-order valence-electron chi connectivity index (χ3n) is 4.04. The molecule has 2 amide bonds. The molecule has 0 fully saturated rings. The summed E-state index contributed by atoms with van der Waals surface area (Å²) in [5.41, 5.74) is 2.88. The first-order chi connectivity index (χ1) is 10.4. The van der Waals surface area contributed by atoms with Gasteiger partial charge in [0.05, 0.1) is 0 Å². The molecule has 1 heterocycles. The Morgan fingerprint density at radius 1 is 1.41 bits per heavy atom. The van der Waals surface area contributed by atoms with Gasteiger partial charge in [0.1, 0.15) is 11.7 Å². The Kier molecular flexibility index (Phi) is 5.06. The van der Waals surface area contributed by atoms with Crippen LogP contribution in [0.1, 0.15) is 49.9 Å². The van der Waals surface area contributed by atoms with E-state index in [0.717, 1.165) is 18.4 Å². The lowest BCUT2D eigenvalue weighted by molar-refractivity contribution is -0.122. The molecule has 0 bridgehead atoms. The Balaban J connectivity index is 0.00000264. The highest BCUT2D eigenvalue weighted by atomic mass is 16.2. The molecule has 1 aromatic rings. The Bertz CT molecular complexity index is 605. The van der Waals surface area contributed by atoms with E-state index in [1.54, 1.807) is 7.05 Å². The monoisotopic (exact) mass is 305 g/mol. The molecule has 1 aliphatic rings. The van der Waals surface area contributed by atoms with E-state index in [2.05, 4.69) is 22.8 Å². The van der Waals surface area contributed by atoms with Crippen molar-refractivity contribution in [3.63, 3.8) is 0 Å². The first-order valence-electron chi connectivity index (χ1n) is 7.81. The fraction of sp³-hybridized carbons (Fsp3) is 0.529. The molecule has 2 rings (SSSR count). The van der Waals surface area contributed by atoms with E-state index >= 15 is 0 Å². The van der Waals surface area contributed by atoms with Crippen LogP contribution in [0.2, 0.25) is 0 Å². The minimum Gasteiger partial charge on any atom is -0.357 e. The number of hydrogen-bond acceptors (Lipinski definition) is 2. The van der Waals surface area contributed by atoms with E-state index in [9.17, 15) is 9.59 Å². The summed E-state index contributed by atoms with van der Waals surface area (Å²) in [5, 5.41) is 5.49. The average molecular weight is 305 g/mol. The number of amides is 2. The molecule has 1 aliphatic carbocycles. The van der Waals surface area contributed by atoms with Gasteiger partial charge in [0.2, 0.25) is 5.91 Å². The summed E-state index contributed by atoms with van der Waals surface area (Å²) < 4.78 is 1.93. The normalized spacial score (nSPS) is 14.6. The van der Waals surface area contributed by atoms with Gasteiger partial charge in [-0.05, 0) is 36.8 Å². The number of nitrogens with one attached hydrogen (secondary N) is 2. The lowest BCUT2D eigenvalue weighted by Gasteiger charge is -2.19. The van der Waals surface area contributed by atoms with Crippen LogP contribution >= 0.6 is 0 Å². The van der Waals surface area contributed by atoms with E-state index in [1.807, 2.05) is 31.5 Å². The molecule has 122 valence electrons. The number of likely N-dealkylation sites (N-methyl/N-ethyl adjacent to an activating group) is 1. The Morgan fingerprint density at radius 3 is 2.73 bits per heavy atom. The molecular weight excluding hydrogens is 278 g/mol. The van der Waals surface area contributed by atoms with Gasteiger partial charge in [0.15, 0.2) is 0 Å². The third kappa shape index (κ3) is 3.40. The largest absolute Gasteiger partial charge is 0.357 e. The summed E-state index contributed by atoms with van der Waals surface area (Å²) in [4.78, 5) is 24.5. The van der Waals surface area contributed by atoms with Crippen LogP contribution in [0.4, 0.5) is 0 Å². The summed E-state index contributed by atoms with van der Waals surface area (Å²) in [5.74, 6) is -0.0207. The van der Waals surface area contributed by atoms with Crippen molar-refractivity contribution < 1.29 is 11.0 Å². The lowest BCUT2D eigenvalue weighted by atomic mass is 10.0. The second-order valence-corrected chi connectivity index (χ2v) is 6.20. The van der Waals surface area contributed by atoms with E-state index < -0.39 is 6.04 Å². The van der Waals surface area contributed by atoms with Gasteiger partial charge in [-0.15, -0.1) is 0 Å². The molecule has 5 heteroatoms. The zero-order valence-electron chi connectivity index (χ0n) is 13.8. The van der Waals surface area contributed by atoms with E-state index in [4.69, 9.17) is 0 Å². The number of nitrogens with zero attached hydrogens (tertiary/aromatic N) is 1. The van der Waals surface area contributed by atoms with Crippen molar-refractivity contribution in [1.82, 2.24) is 15.2 Å². The Hall–Kier alpha value is -2.04. The average Bonchev–Trinajstić information content (AvgIpc) is 2.83. The summed E-state index contributed by atoms with van der Waals surface area (Å²) in [6, 6.07) is 1.40. The Labute approximate surface area is 133 Å². The zero-order chi connectivity index (χ0) is 16.3. The maximum absolute atomic E-state index is 12.6. The van der Waals surface area contributed by atoms with Gasteiger partial charge in [0, 0.05) is 21.2 Å². The molecule has 5 nitrogen and oxygen atoms in total. The minimum atomic E-state index is -0.500. The van der Waals surface area contributed by atoms with Crippen LogP contribution in [0.15, 0.2) is 12.1 Å². The summed E-state index contributed by atoms with van der Waals surface area (Å²) >= 11 is 0. The van der Waals surface area contributed by atoms with Gasteiger partial charge in [-0.1, -0.05) is 26.0 Å². The molecule has 0 unspecified atom stereocenters. The molecule has 2 N–H and O–H groups in total. The number of carbonyl (C=O) groups excluding carboxylic acids is 2. The molecular formula is C17H27N3O2. The van der Waals surface area contributed by atoms with Gasteiger partial charge < -0.3 is 15.2 Å². The minimum absolute atomic E-state index is 0. The van der Waals surface area contributed by atoms with Crippen molar-refractivity contribution in [1.29, 1.82) is 0 Å².